The molecule has 0 aromatic rings. The summed E-state index contributed by atoms with van der Waals surface area (Å²) in [5, 5.41) is 15.5. The van der Waals surface area contributed by atoms with E-state index in [2.05, 4.69) is 0 Å². The van der Waals surface area contributed by atoms with E-state index >= 15 is 0 Å². The topological polar surface area (TPSA) is 44.0 Å². The van der Waals surface area contributed by atoms with Gasteiger partial charge in [-0.05, 0) is 0 Å². The monoisotopic (exact) mass is 74.0 g/mol. The second-order valence-corrected chi connectivity index (χ2v) is 0.632. The van der Waals surface area contributed by atoms with Crippen molar-refractivity contribution >= 4 is 0 Å². The summed E-state index contributed by atoms with van der Waals surface area (Å²) in [6.07, 6.45) is 0.250. The van der Waals surface area contributed by atoms with E-state index in [9.17, 15) is 0 Å². The Labute approximate surface area is 30.7 Å². The Morgan fingerprint density at radius 1 is 1.80 bits per heavy atom. The first-order valence-electron chi connectivity index (χ1n) is 1.39. The molecule has 2 heteroatoms. The SMILES string of the molecule is N#[13C][13CH2][13CH2]O. The lowest BCUT2D eigenvalue weighted by atomic mass is 11.5. The maximum absolute atomic E-state index is 7.84. The molecule has 0 aliphatic heterocycles. The Hall–Kier alpha value is -0.550. The van der Waals surface area contributed by atoms with Gasteiger partial charge in [0.2, 0.25) is 0 Å². The van der Waals surface area contributed by atoms with Crippen LogP contribution in [-0.2, 0) is 0 Å². The van der Waals surface area contributed by atoms with Crippen molar-refractivity contribution < 1.29 is 5.11 Å². The summed E-state index contributed by atoms with van der Waals surface area (Å²) < 4.78 is 0. The number of aliphatic hydroxyl groups excluding tert-OH is 1. The number of hydrogen-bond donors (Lipinski definition) is 1. The molecule has 5 heavy (non-hydrogen) atoms. The predicted molar refractivity (Wildman–Crippen MR) is 17.3 cm³/mol. The summed E-state index contributed by atoms with van der Waals surface area (Å²) >= 11 is 0. The molecule has 28 valence electrons. The second kappa shape index (κ2) is 3.45. The first kappa shape index (κ1) is 4.45. The van der Waals surface area contributed by atoms with Crippen molar-refractivity contribution in [2.75, 3.05) is 6.61 Å². The molecule has 0 aromatic heterocycles. The number of rotatable bonds is 1. The van der Waals surface area contributed by atoms with Crippen molar-refractivity contribution in [1.29, 1.82) is 5.26 Å². The number of nitrogens with zero attached hydrogens (tertiary/aromatic N) is 1. The fourth-order valence-corrected chi connectivity index (χ4v) is 0.0500. The van der Waals surface area contributed by atoms with E-state index in [1.807, 2.05) is 0 Å². The molecule has 0 fully saturated rings. The van der Waals surface area contributed by atoms with E-state index < -0.39 is 0 Å². The molecule has 0 aliphatic rings. The summed E-state index contributed by atoms with van der Waals surface area (Å²) in [7, 11) is 0. The molecule has 0 aromatic carbocycles. The van der Waals surface area contributed by atoms with Crippen molar-refractivity contribution in [1.82, 2.24) is 0 Å². The molecule has 0 atom stereocenters. The first-order chi connectivity index (χ1) is 2.41. The third kappa shape index (κ3) is 3.45. The van der Waals surface area contributed by atoms with E-state index in [-0.39, 0.29) is 13.0 Å². The Morgan fingerprint density at radius 3 is 2.40 bits per heavy atom. The maximum Gasteiger partial charge on any atom is 0.0645 e. The van der Waals surface area contributed by atoms with Gasteiger partial charge in [0.1, 0.15) is 0 Å². The molecular formula is C3H5NO. The smallest absolute Gasteiger partial charge is 0.0645 e. The molecule has 0 heterocycles. The molecule has 2 nitrogen and oxygen atoms in total. The summed E-state index contributed by atoms with van der Waals surface area (Å²) in [5.74, 6) is 0. The van der Waals surface area contributed by atoms with Crippen LogP contribution in [0.4, 0.5) is 0 Å². The van der Waals surface area contributed by atoms with Crippen LogP contribution in [-0.4, -0.2) is 11.7 Å². The zero-order valence-corrected chi connectivity index (χ0v) is 2.81. The number of aliphatic hydroxyl groups is 1. The van der Waals surface area contributed by atoms with Gasteiger partial charge >= 0.3 is 0 Å². The number of hydrogen-bond acceptors (Lipinski definition) is 2. The van der Waals surface area contributed by atoms with Gasteiger partial charge in [0.05, 0.1) is 19.1 Å². The lowest BCUT2D eigenvalue weighted by molar-refractivity contribution is 0.304. The molecule has 0 spiro atoms. The molecular weight excluding hydrogens is 69.0 g/mol. The van der Waals surface area contributed by atoms with Crippen LogP contribution < -0.4 is 0 Å². The summed E-state index contributed by atoms with van der Waals surface area (Å²) in [6.45, 7) is -0.0174. The Kier molecular flexibility index (Phi) is 3.07. The van der Waals surface area contributed by atoms with Gasteiger partial charge in [-0.3, -0.25) is 0 Å². The highest BCUT2D eigenvalue weighted by atomic mass is 16.3. The predicted octanol–water partition coefficient (Wildman–Crippen LogP) is -0.108. The van der Waals surface area contributed by atoms with Crippen LogP contribution in [0.1, 0.15) is 6.42 Å². The first-order valence-corrected chi connectivity index (χ1v) is 1.39. The van der Waals surface area contributed by atoms with Gasteiger partial charge in [-0.1, -0.05) is 0 Å². The molecule has 0 saturated carbocycles. The zero-order chi connectivity index (χ0) is 4.12. The van der Waals surface area contributed by atoms with Crippen LogP contribution in [0.5, 0.6) is 0 Å². The van der Waals surface area contributed by atoms with Crippen molar-refractivity contribution in [2.45, 2.75) is 6.42 Å². The van der Waals surface area contributed by atoms with E-state index in [4.69, 9.17) is 10.4 Å². The minimum absolute atomic E-state index is 0.0174. The molecule has 1 N–H and O–H groups in total. The quantitative estimate of drug-likeness (QED) is 0.441. The van der Waals surface area contributed by atoms with Crippen LogP contribution in [0.3, 0.4) is 0 Å². The Morgan fingerprint density at radius 2 is 2.40 bits per heavy atom. The van der Waals surface area contributed by atoms with Gasteiger partial charge in [0, 0.05) is 0 Å². The van der Waals surface area contributed by atoms with Crippen LogP contribution in [0.15, 0.2) is 0 Å². The van der Waals surface area contributed by atoms with Gasteiger partial charge < -0.3 is 5.11 Å². The highest BCUT2D eigenvalue weighted by molar-refractivity contribution is 4.65. The summed E-state index contributed by atoms with van der Waals surface area (Å²) in [6, 6.07) is 1.77. The maximum atomic E-state index is 7.84. The van der Waals surface area contributed by atoms with Gasteiger partial charge in [-0.2, -0.15) is 5.26 Å². The molecule has 0 saturated heterocycles. The van der Waals surface area contributed by atoms with Crippen molar-refractivity contribution in [3.8, 4) is 6.07 Å². The van der Waals surface area contributed by atoms with Crippen LogP contribution in [0, 0.1) is 11.3 Å². The van der Waals surface area contributed by atoms with E-state index in [1.165, 1.54) is 0 Å². The van der Waals surface area contributed by atoms with Crippen molar-refractivity contribution in [3.05, 3.63) is 0 Å². The molecule has 0 aliphatic carbocycles. The van der Waals surface area contributed by atoms with Crippen molar-refractivity contribution in [3.63, 3.8) is 0 Å². The molecule has 0 amide bonds. The lowest BCUT2D eigenvalue weighted by Crippen LogP contribution is -1.72. The molecule has 0 unspecified atom stereocenters. The zero-order valence-electron chi connectivity index (χ0n) is 2.81. The number of nitriles is 1. The highest BCUT2D eigenvalue weighted by Gasteiger charge is 1.66. The van der Waals surface area contributed by atoms with Gasteiger partial charge in [0.25, 0.3) is 0 Å². The summed E-state index contributed by atoms with van der Waals surface area (Å²) in [5.41, 5.74) is 0. The minimum atomic E-state index is -0.0174. The highest BCUT2D eigenvalue weighted by Crippen LogP contribution is 1.62. The largest absolute Gasteiger partial charge is 0.395 e. The molecule has 0 bridgehead atoms. The molecule has 0 radical (unpaired) electrons. The van der Waals surface area contributed by atoms with E-state index in [0.29, 0.717) is 0 Å². The van der Waals surface area contributed by atoms with Crippen LogP contribution in [0.2, 0.25) is 0 Å². The minimum Gasteiger partial charge on any atom is -0.395 e. The van der Waals surface area contributed by atoms with Gasteiger partial charge in [-0.15, -0.1) is 0 Å². The fourth-order valence-electron chi connectivity index (χ4n) is 0.0500. The van der Waals surface area contributed by atoms with E-state index in [1.54, 1.807) is 6.07 Å². The average molecular weight is 74.1 g/mol. The lowest BCUT2D eigenvalue weighted by Gasteiger charge is -1.67. The normalized spacial score (nSPS) is 6.40. The summed E-state index contributed by atoms with van der Waals surface area (Å²) in [4.78, 5) is 0. The third-order valence-electron chi connectivity index (χ3n) is 0.224. The fraction of sp³-hybridized carbons (Fsp3) is 0.667. The van der Waals surface area contributed by atoms with Gasteiger partial charge in [0.15, 0.2) is 0 Å². The van der Waals surface area contributed by atoms with E-state index in [0.717, 1.165) is 0 Å². The Bertz CT molecular complexity index is 45.3. The van der Waals surface area contributed by atoms with Crippen LogP contribution >= 0.6 is 0 Å². The van der Waals surface area contributed by atoms with Crippen molar-refractivity contribution in [2.24, 2.45) is 0 Å². The third-order valence-corrected chi connectivity index (χ3v) is 0.224. The van der Waals surface area contributed by atoms with Crippen LogP contribution in [0.25, 0.3) is 0 Å². The molecule has 0 rings (SSSR count). The standard InChI is InChI=1S/C3H5NO/c4-2-1-3-5/h5H,1,3H2/i1+1,2+1,3+1. The average Bonchev–Trinajstić information content (AvgIpc) is 1.41. The Balaban J connectivity index is 2.48. The second-order valence-electron chi connectivity index (χ2n) is 0.632. The van der Waals surface area contributed by atoms with Gasteiger partial charge in [-0.25, -0.2) is 0 Å².